The largest absolute Gasteiger partial charge is 0.358 e. The fourth-order valence-corrected chi connectivity index (χ4v) is 1.42. The Bertz CT molecular complexity index is 469. The smallest absolute Gasteiger partial charge is 0.205 e. The molecule has 0 atom stereocenters. The van der Waals surface area contributed by atoms with Crippen LogP contribution in [0.3, 0.4) is 0 Å². The van der Waals surface area contributed by atoms with Crippen molar-refractivity contribution in [2.45, 2.75) is 13.8 Å². The van der Waals surface area contributed by atoms with Crippen LogP contribution in [0.5, 0.6) is 0 Å². The summed E-state index contributed by atoms with van der Waals surface area (Å²) in [4.78, 5) is 6.08. The second-order valence-electron chi connectivity index (χ2n) is 3.14. The highest BCUT2D eigenvalue weighted by Crippen LogP contribution is 2.19. The standard InChI is InChI=1S/C10H11N.C2H3N.I2/c1-7-8(2)11-10-6-4-3-5-9(7)10;1-3-2;1-2/h3-6,11H,1-2H3;1H3;. The molecule has 0 unspecified atom stereocenters. The molecular weight excluding hydrogens is 426 g/mol. The molecule has 2 nitrogen and oxygen atoms in total. The van der Waals surface area contributed by atoms with Crippen molar-refractivity contribution in [3.05, 3.63) is 46.9 Å². The number of H-pyrrole nitrogens is 1. The van der Waals surface area contributed by atoms with Gasteiger partial charge >= 0.3 is 0 Å². The lowest BCUT2D eigenvalue weighted by atomic mass is 10.2. The van der Waals surface area contributed by atoms with Crippen LogP contribution in [-0.2, 0) is 0 Å². The van der Waals surface area contributed by atoms with Crippen LogP contribution < -0.4 is 0 Å². The SMILES string of the molecule is Cc1[nH]c2ccccc2c1C.II.[C-]#[N+]C. The highest BCUT2D eigenvalue weighted by atomic mass is 128. The number of nitrogens with zero attached hydrogens (tertiary/aromatic N) is 1. The number of rotatable bonds is 0. The zero-order valence-electron chi connectivity index (χ0n) is 9.51. The van der Waals surface area contributed by atoms with Crippen molar-refractivity contribution in [2.75, 3.05) is 7.05 Å². The van der Waals surface area contributed by atoms with Crippen LogP contribution in [0.25, 0.3) is 15.7 Å². The molecule has 2 aromatic rings. The number of halogens is 2. The van der Waals surface area contributed by atoms with Crippen LogP contribution in [0.15, 0.2) is 24.3 Å². The third-order valence-corrected chi connectivity index (χ3v) is 2.22. The minimum absolute atomic E-state index is 1.24. The Balaban J connectivity index is 0.000000394. The number of hydrogen-bond donors (Lipinski definition) is 1. The molecule has 0 aliphatic carbocycles. The lowest BCUT2D eigenvalue weighted by Gasteiger charge is -1.87. The van der Waals surface area contributed by atoms with Crippen LogP contribution in [0.1, 0.15) is 11.3 Å². The molecular formula is C12H14I2N2. The first-order valence-corrected chi connectivity index (χ1v) is 10.9. The van der Waals surface area contributed by atoms with Gasteiger partial charge in [0.25, 0.3) is 0 Å². The van der Waals surface area contributed by atoms with Gasteiger partial charge in [0.15, 0.2) is 0 Å². The maximum absolute atomic E-state index is 5.83. The van der Waals surface area contributed by atoms with Crippen molar-refractivity contribution in [3.63, 3.8) is 0 Å². The van der Waals surface area contributed by atoms with Gasteiger partial charge in [-0.2, -0.15) is 0 Å². The quantitative estimate of drug-likeness (QED) is 0.435. The second kappa shape index (κ2) is 8.82. The van der Waals surface area contributed by atoms with Gasteiger partial charge in [-0.15, -0.1) is 0 Å². The Morgan fingerprint density at radius 1 is 1.19 bits per heavy atom. The van der Waals surface area contributed by atoms with Crippen LogP contribution in [-0.4, -0.2) is 12.0 Å². The third-order valence-electron chi connectivity index (χ3n) is 2.22. The van der Waals surface area contributed by atoms with Crippen LogP contribution in [0.4, 0.5) is 0 Å². The van der Waals surface area contributed by atoms with E-state index in [-0.39, 0.29) is 0 Å². The Morgan fingerprint density at radius 2 is 1.69 bits per heavy atom. The summed E-state index contributed by atoms with van der Waals surface area (Å²) in [7, 11) is 1.42. The molecule has 0 bridgehead atoms. The minimum Gasteiger partial charge on any atom is -0.358 e. The number of hydrogen-bond acceptors (Lipinski definition) is 0. The molecule has 0 amide bonds. The average Bonchev–Trinajstić information content (AvgIpc) is 2.60. The number of benzene rings is 1. The maximum atomic E-state index is 5.83. The van der Waals surface area contributed by atoms with Gasteiger partial charge in [-0.1, -0.05) is 18.2 Å². The Kier molecular flexibility index (Phi) is 8.66. The summed E-state index contributed by atoms with van der Waals surface area (Å²) in [5.74, 6) is 0. The number of aromatic amines is 1. The van der Waals surface area contributed by atoms with Crippen molar-refractivity contribution in [2.24, 2.45) is 0 Å². The molecule has 4 heteroatoms. The predicted molar refractivity (Wildman–Crippen MR) is 88.3 cm³/mol. The summed E-state index contributed by atoms with van der Waals surface area (Å²) >= 11 is 4.24. The highest BCUT2D eigenvalue weighted by molar-refractivity contribution is 15.0. The van der Waals surface area contributed by atoms with E-state index in [2.05, 4.69) is 85.2 Å². The van der Waals surface area contributed by atoms with Gasteiger partial charge in [0.05, 0.1) is 0 Å². The van der Waals surface area contributed by atoms with E-state index in [0.717, 1.165) is 0 Å². The molecule has 0 aliphatic rings. The fourth-order valence-electron chi connectivity index (χ4n) is 1.42. The van der Waals surface area contributed by atoms with Gasteiger partial charge in [-0.3, -0.25) is 0 Å². The summed E-state index contributed by atoms with van der Waals surface area (Å²) < 4.78 is 0. The van der Waals surface area contributed by atoms with E-state index < -0.39 is 0 Å². The molecule has 0 spiro atoms. The van der Waals surface area contributed by atoms with Crippen molar-refractivity contribution in [1.82, 2.24) is 4.98 Å². The van der Waals surface area contributed by atoms with Gasteiger partial charge in [0.2, 0.25) is 7.05 Å². The Hall–Kier alpha value is -0.290. The minimum atomic E-state index is 1.24. The molecule has 0 aliphatic heterocycles. The first-order valence-electron chi connectivity index (χ1n) is 4.64. The zero-order valence-corrected chi connectivity index (χ0v) is 13.8. The lowest BCUT2D eigenvalue weighted by molar-refractivity contribution is 1.25. The molecule has 0 fully saturated rings. The number of fused-ring (bicyclic) bond motifs is 1. The molecule has 0 radical (unpaired) electrons. The molecule has 0 saturated heterocycles. The van der Waals surface area contributed by atoms with Crippen molar-refractivity contribution >= 4 is 48.1 Å². The first kappa shape index (κ1) is 15.7. The first-order chi connectivity index (χ1) is 7.70. The molecule has 2 rings (SSSR count). The van der Waals surface area contributed by atoms with E-state index >= 15 is 0 Å². The topological polar surface area (TPSA) is 20.1 Å². The molecule has 1 heterocycles. The Morgan fingerprint density at radius 3 is 2.19 bits per heavy atom. The van der Waals surface area contributed by atoms with E-state index in [0.29, 0.717) is 0 Å². The third kappa shape index (κ3) is 4.29. The molecule has 16 heavy (non-hydrogen) atoms. The van der Waals surface area contributed by atoms with Gasteiger partial charge in [0.1, 0.15) is 0 Å². The normalized spacial score (nSPS) is 8.25. The maximum Gasteiger partial charge on any atom is 0.205 e. The van der Waals surface area contributed by atoms with Gasteiger partial charge in [-0.25, -0.2) is 6.57 Å². The highest BCUT2D eigenvalue weighted by Gasteiger charge is 2.00. The fraction of sp³-hybridized carbons (Fsp3) is 0.250. The van der Waals surface area contributed by atoms with Crippen molar-refractivity contribution in [1.29, 1.82) is 0 Å². The summed E-state index contributed by atoms with van der Waals surface area (Å²) in [6, 6.07) is 8.38. The molecule has 1 aromatic heterocycles. The van der Waals surface area contributed by atoms with Crippen LogP contribution in [0, 0.1) is 20.4 Å². The van der Waals surface area contributed by atoms with Crippen LogP contribution >= 0.6 is 37.2 Å². The zero-order chi connectivity index (χ0) is 12.6. The lowest BCUT2D eigenvalue weighted by Crippen LogP contribution is -1.70. The molecule has 86 valence electrons. The summed E-state index contributed by atoms with van der Waals surface area (Å²) in [5, 5.41) is 1.34. The van der Waals surface area contributed by atoms with Crippen molar-refractivity contribution in [3.8, 4) is 0 Å². The summed E-state index contributed by atoms with van der Waals surface area (Å²) in [5.41, 5.74) is 3.87. The van der Waals surface area contributed by atoms with E-state index in [1.54, 1.807) is 0 Å². The van der Waals surface area contributed by atoms with Crippen molar-refractivity contribution < 1.29 is 0 Å². The van der Waals surface area contributed by atoms with E-state index in [1.807, 2.05) is 0 Å². The van der Waals surface area contributed by atoms with E-state index in [4.69, 9.17) is 6.57 Å². The predicted octanol–water partition coefficient (Wildman–Crippen LogP) is 5.09. The number of para-hydroxylation sites is 1. The Labute approximate surface area is 120 Å². The average molecular weight is 440 g/mol. The monoisotopic (exact) mass is 440 g/mol. The van der Waals surface area contributed by atoms with Gasteiger partial charge < -0.3 is 9.83 Å². The van der Waals surface area contributed by atoms with Gasteiger partial charge in [-0.05, 0) is 25.5 Å². The number of nitrogens with one attached hydrogen (secondary N) is 1. The van der Waals surface area contributed by atoms with E-state index in [1.165, 1.54) is 29.2 Å². The van der Waals surface area contributed by atoms with E-state index in [9.17, 15) is 0 Å². The second-order valence-corrected chi connectivity index (χ2v) is 3.14. The number of aromatic nitrogens is 1. The molecule has 1 aromatic carbocycles. The van der Waals surface area contributed by atoms with Gasteiger partial charge in [0, 0.05) is 53.8 Å². The van der Waals surface area contributed by atoms with Crippen LogP contribution in [0.2, 0.25) is 0 Å². The number of aryl methyl sites for hydroxylation is 2. The molecule has 0 saturated carbocycles. The summed E-state index contributed by atoms with van der Waals surface area (Å²) in [6.07, 6.45) is 0. The molecule has 1 N–H and O–H groups in total. The summed E-state index contributed by atoms with van der Waals surface area (Å²) in [6.45, 7) is 10.1.